The van der Waals surface area contributed by atoms with Crippen LogP contribution in [0.3, 0.4) is 0 Å². The number of allylic oxidation sites excluding steroid dienone is 2. The van der Waals surface area contributed by atoms with Crippen LogP contribution in [0.1, 0.15) is 16.8 Å². The highest BCUT2D eigenvalue weighted by Crippen LogP contribution is 2.53. The lowest BCUT2D eigenvalue weighted by atomic mass is 9.85. The molecule has 4 atom stereocenters. The minimum atomic E-state index is -0.512. The molecule has 2 bridgehead atoms. The van der Waals surface area contributed by atoms with Crippen LogP contribution in [0.2, 0.25) is 0 Å². The summed E-state index contributed by atoms with van der Waals surface area (Å²) >= 11 is 0. The first kappa shape index (κ1) is 17.7. The number of benzene rings is 2. The molecular weight excluding hydrogens is 370 g/mol. The number of hydrogen-bond donors (Lipinski definition) is 0. The van der Waals surface area contributed by atoms with Crippen LogP contribution in [0.4, 0.5) is 5.69 Å². The Balaban J connectivity index is 1.32. The highest BCUT2D eigenvalue weighted by molar-refractivity contribution is 6.22. The van der Waals surface area contributed by atoms with Gasteiger partial charge in [-0.3, -0.25) is 14.5 Å². The Morgan fingerprint density at radius 2 is 1.59 bits per heavy atom. The number of amides is 2. The van der Waals surface area contributed by atoms with Crippen LogP contribution in [0.5, 0.6) is 11.5 Å². The van der Waals surface area contributed by atoms with E-state index >= 15 is 0 Å². The van der Waals surface area contributed by atoms with E-state index in [2.05, 4.69) is 12.2 Å². The molecule has 0 unspecified atom stereocenters. The van der Waals surface area contributed by atoms with E-state index in [4.69, 9.17) is 9.47 Å². The molecule has 1 heterocycles. The first-order valence-electron chi connectivity index (χ1n) is 9.59. The van der Waals surface area contributed by atoms with Crippen molar-refractivity contribution in [1.82, 2.24) is 0 Å². The average Bonchev–Trinajstić information content (AvgIpc) is 3.43. The molecule has 2 aliphatic carbocycles. The number of rotatable bonds is 4. The van der Waals surface area contributed by atoms with Crippen molar-refractivity contribution < 1.29 is 23.9 Å². The maximum absolute atomic E-state index is 12.9. The fourth-order valence-corrected chi connectivity index (χ4v) is 4.74. The quantitative estimate of drug-likeness (QED) is 0.347. The summed E-state index contributed by atoms with van der Waals surface area (Å²) in [5.74, 6) is 0.0192. The Labute approximate surface area is 167 Å². The van der Waals surface area contributed by atoms with Gasteiger partial charge in [0.2, 0.25) is 11.8 Å². The Bertz CT molecular complexity index is 1010. The van der Waals surface area contributed by atoms with Gasteiger partial charge < -0.3 is 9.47 Å². The van der Waals surface area contributed by atoms with Crippen LogP contribution in [0.15, 0.2) is 60.7 Å². The largest absolute Gasteiger partial charge is 0.497 e. The van der Waals surface area contributed by atoms with Gasteiger partial charge in [0, 0.05) is 0 Å². The third kappa shape index (κ3) is 2.75. The second kappa shape index (κ2) is 6.58. The SMILES string of the molecule is COc1cccc(C(=O)Oc2ccc(N3C(=O)[C@@H]4[C@@H](C3=O)[C@H]3C=C[C@@H]4C3)cc2)c1. The Kier molecular flexibility index (Phi) is 4.01. The number of imide groups is 1. The summed E-state index contributed by atoms with van der Waals surface area (Å²) in [5.41, 5.74) is 0.879. The van der Waals surface area contributed by atoms with E-state index in [0.717, 1.165) is 6.42 Å². The molecule has 0 aromatic heterocycles. The van der Waals surface area contributed by atoms with E-state index in [1.807, 2.05) is 0 Å². The Hall–Kier alpha value is -3.41. The first-order valence-corrected chi connectivity index (χ1v) is 9.59. The van der Waals surface area contributed by atoms with Gasteiger partial charge in [-0.15, -0.1) is 0 Å². The van der Waals surface area contributed by atoms with Crippen molar-refractivity contribution in [3.8, 4) is 11.5 Å². The maximum atomic E-state index is 12.9. The average molecular weight is 389 g/mol. The van der Waals surface area contributed by atoms with Crippen molar-refractivity contribution >= 4 is 23.5 Å². The third-order valence-corrected chi connectivity index (χ3v) is 6.08. The topological polar surface area (TPSA) is 72.9 Å². The minimum absolute atomic E-state index is 0.127. The summed E-state index contributed by atoms with van der Waals surface area (Å²) in [6.07, 6.45) is 5.04. The minimum Gasteiger partial charge on any atom is -0.497 e. The van der Waals surface area contributed by atoms with Gasteiger partial charge in [0.25, 0.3) is 0 Å². The van der Waals surface area contributed by atoms with E-state index < -0.39 is 5.97 Å². The molecule has 6 nitrogen and oxygen atoms in total. The zero-order chi connectivity index (χ0) is 20.1. The van der Waals surface area contributed by atoms with Crippen molar-refractivity contribution in [3.63, 3.8) is 0 Å². The number of hydrogen-bond acceptors (Lipinski definition) is 5. The Morgan fingerprint density at radius 3 is 2.21 bits per heavy atom. The number of anilines is 1. The lowest BCUT2D eigenvalue weighted by Gasteiger charge is -2.17. The molecule has 0 N–H and O–H groups in total. The van der Waals surface area contributed by atoms with Crippen LogP contribution < -0.4 is 14.4 Å². The monoisotopic (exact) mass is 389 g/mol. The summed E-state index contributed by atoms with van der Waals surface area (Å²) in [5, 5.41) is 0. The van der Waals surface area contributed by atoms with Crippen molar-refractivity contribution in [3.05, 3.63) is 66.2 Å². The van der Waals surface area contributed by atoms with Crippen molar-refractivity contribution in [1.29, 1.82) is 0 Å². The number of carbonyl (C=O) groups is 3. The number of carbonyl (C=O) groups excluding carboxylic acids is 3. The molecule has 1 saturated heterocycles. The molecule has 2 aromatic carbocycles. The first-order chi connectivity index (χ1) is 14.1. The Morgan fingerprint density at radius 1 is 0.931 bits per heavy atom. The van der Waals surface area contributed by atoms with Gasteiger partial charge in [-0.1, -0.05) is 18.2 Å². The van der Waals surface area contributed by atoms with Gasteiger partial charge >= 0.3 is 5.97 Å². The lowest BCUT2D eigenvalue weighted by molar-refractivity contribution is -0.123. The molecule has 1 saturated carbocycles. The van der Waals surface area contributed by atoms with E-state index in [-0.39, 0.29) is 35.5 Å². The molecule has 2 fully saturated rings. The molecule has 2 amide bonds. The fourth-order valence-electron chi connectivity index (χ4n) is 4.74. The molecule has 5 rings (SSSR count). The van der Waals surface area contributed by atoms with Crippen molar-refractivity contribution in [2.45, 2.75) is 6.42 Å². The van der Waals surface area contributed by atoms with Crippen LogP contribution in [0, 0.1) is 23.7 Å². The van der Waals surface area contributed by atoms with Gasteiger partial charge in [-0.25, -0.2) is 4.79 Å². The van der Waals surface area contributed by atoms with Gasteiger partial charge in [0.15, 0.2) is 0 Å². The third-order valence-electron chi connectivity index (χ3n) is 6.08. The summed E-state index contributed by atoms with van der Waals surface area (Å²) in [6.45, 7) is 0. The maximum Gasteiger partial charge on any atom is 0.343 e. The van der Waals surface area contributed by atoms with Gasteiger partial charge in [-0.2, -0.15) is 0 Å². The number of esters is 1. The van der Waals surface area contributed by atoms with Crippen molar-refractivity contribution in [2.75, 3.05) is 12.0 Å². The fraction of sp³-hybridized carbons (Fsp3) is 0.261. The normalized spacial score (nSPS) is 26.7. The zero-order valence-electron chi connectivity index (χ0n) is 15.8. The number of nitrogens with zero attached hydrogens (tertiary/aromatic N) is 1. The molecule has 6 heteroatoms. The number of fused-ring (bicyclic) bond motifs is 5. The van der Waals surface area contributed by atoms with Crippen LogP contribution >= 0.6 is 0 Å². The smallest absolute Gasteiger partial charge is 0.343 e. The van der Waals surface area contributed by atoms with Gasteiger partial charge in [-0.05, 0) is 60.7 Å². The second-order valence-corrected chi connectivity index (χ2v) is 7.63. The predicted octanol–water partition coefficient (Wildman–Crippen LogP) is 3.23. The van der Waals surface area contributed by atoms with Crippen LogP contribution in [-0.2, 0) is 9.59 Å². The number of ether oxygens (including phenoxy) is 2. The number of methoxy groups -OCH3 is 1. The molecule has 146 valence electrons. The molecular formula is C23H19NO5. The van der Waals surface area contributed by atoms with Crippen LogP contribution in [-0.4, -0.2) is 24.9 Å². The molecule has 0 spiro atoms. The van der Waals surface area contributed by atoms with Gasteiger partial charge in [0.1, 0.15) is 11.5 Å². The predicted molar refractivity (Wildman–Crippen MR) is 105 cm³/mol. The van der Waals surface area contributed by atoms with E-state index in [0.29, 0.717) is 22.7 Å². The van der Waals surface area contributed by atoms with E-state index in [9.17, 15) is 14.4 Å². The second-order valence-electron chi connectivity index (χ2n) is 7.63. The summed E-state index contributed by atoms with van der Waals surface area (Å²) < 4.78 is 10.5. The zero-order valence-corrected chi connectivity index (χ0v) is 15.8. The van der Waals surface area contributed by atoms with Gasteiger partial charge in [0.05, 0.1) is 30.2 Å². The van der Waals surface area contributed by atoms with Crippen LogP contribution in [0.25, 0.3) is 0 Å². The summed E-state index contributed by atoms with van der Waals surface area (Å²) in [6, 6.07) is 13.2. The standard InChI is InChI=1S/C23H19NO5/c1-28-18-4-2-3-15(12-18)23(27)29-17-9-7-16(8-10-17)24-21(25)19-13-5-6-14(11-13)20(19)22(24)26/h2-10,12-14,19-20H,11H2,1H3/t13-,14+,19-,20-/m0/s1. The summed E-state index contributed by atoms with van der Waals surface area (Å²) in [4.78, 5) is 39.4. The van der Waals surface area contributed by atoms with E-state index in [1.165, 1.54) is 12.0 Å². The highest BCUT2D eigenvalue weighted by Gasteiger charge is 2.59. The van der Waals surface area contributed by atoms with E-state index in [1.54, 1.807) is 48.5 Å². The molecule has 0 radical (unpaired) electrons. The molecule has 1 aliphatic heterocycles. The summed E-state index contributed by atoms with van der Waals surface area (Å²) in [7, 11) is 1.53. The molecule has 3 aliphatic rings. The molecule has 2 aromatic rings. The highest BCUT2D eigenvalue weighted by atomic mass is 16.5. The lowest BCUT2D eigenvalue weighted by Crippen LogP contribution is -2.32. The molecule has 29 heavy (non-hydrogen) atoms. The van der Waals surface area contributed by atoms with Crippen molar-refractivity contribution in [2.24, 2.45) is 23.7 Å².